The average Bonchev–Trinajstić information content (AvgIpc) is 2.57. The predicted octanol–water partition coefficient (Wildman–Crippen LogP) is 3.58. The van der Waals surface area contributed by atoms with Crippen LogP contribution in [0, 0.1) is 13.8 Å². The minimum atomic E-state index is 0.734. The molecule has 1 aromatic carbocycles. The molecule has 5 nitrogen and oxygen atoms in total. The average molecular weight is 311 g/mol. The van der Waals surface area contributed by atoms with E-state index >= 15 is 0 Å². The van der Waals surface area contributed by atoms with E-state index in [0.717, 1.165) is 49.0 Å². The van der Waals surface area contributed by atoms with Crippen molar-refractivity contribution in [2.75, 3.05) is 23.4 Å². The van der Waals surface area contributed by atoms with Crippen LogP contribution in [0.4, 0.5) is 11.6 Å². The van der Waals surface area contributed by atoms with E-state index in [1.807, 2.05) is 37.1 Å². The minimum Gasteiger partial charge on any atom is -0.370 e. The van der Waals surface area contributed by atoms with E-state index < -0.39 is 0 Å². The topological polar surface area (TPSA) is 53.4 Å². The third-order valence-corrected chi connectivity index (χ3v) is 3.64. The lowest BCUT2D eigenvalue weighted by molar-refractivity contribution is 0.800. The Morgan fingerprint density at radius 2 is 1.91 bits per heavy atom. The van der Waals surface area contributed by atoms with Crippen LogP contribution in [0.25, 0.3) is 0 Å². The van der Waals surface area contributed by atoms with Gasteiger partial charge in [0.05, 0.1) is 0 Å². The van der Waals surface area contributed by atoms with Gasteiger partial charge >= 0.3 is 0 Å². The van der Waals surface area contributed by atoms with Gasteiger partial charge in [-0.2, -0.15) is 5.10 Å². The highest BCUT2D eigenvalue weighted by atomic mass is 15.5. The molecule has 1 N–H and O–H groups in total. The number of nitrogens with one attached hydrogen (secondary N) is 1. The van der Waals surface area contributed by atoms with Crippen molar-refractivity contribution in [3.8, 4) is 0 Å². The molecule has 1 heterocycles. The summed E-state index contributed by atoms with van der Waals surface area (Å²) in [5.41, 5.74) is 2.28. The number of hydrazone groups is 1. The van der Waals surface area contributed by atoms with Crippen LogP contribution >= 0.6 is 0 Å². The number of benzene rings is 1. The number of hydrogen-bond donors (Lipinski definition) is 1. The predicted molar refractivity (Wildman–Crippen MR) is 97.3 cm³/mol. The first kappa shape index (κ1) is 16.9. The van der Waals surface area contributed by atoms with E-state index in [0.29, 0.717) is 0 Å². The molecule has 1 aromatic heterocycles. The largest absolute Gasteiger partial charge is 0.370 e. The molecule has 122 valence electrons. The Hall–Kier alpha value is -2.43. The Morgan fingerprint density at radius 3 is 2.57 bits per heavy atom. The van der Waals surface area contributed by atoms with Gasteiger partial charge in [-0.3, -0.25) is 0 Å². The summed E-state index contributed by atoms with van der Waals surface area (Å²) in [5.74, 6) is 2.43. The molecule has 23 heavy (non-hydrogen) atoms. The lowest BCUT2D eigenvalue weighted by Gasteiger charge is -2.21. The van der Waals surface area contributed by atoms with Crippen LogP contribution in [0.1, 0.15) is 30.3 Å². The lowest BCUT2D eigenvalue weighted by Crippen LogP contribution is -2.22. The second-order valence-electron chi connectivity index (χ2n) is 5.49. The summed E-state index contributed by atoms with van der Waals surface area (Å²) in [6.45, 7) is 11.4. The SMILES string of the molecule is C=NN(CCc1ccccc1)c1nc(C)nc(NCCC)c1C. The highest BCUT2D eigenvalue weighted by Crippen LogP contribution is 2.24. The molecule has 0 saturated carbocycles. The number of anilines is 2. The van der Waals surface area contributed by atoms with Gasteiger partial charge in [-0.15, -0.1) is 0 Å². The normalized spacial score (nSPS) is 10.4. The molecular formula is C18H25N5. The molecular weight excluding hydrogens is 286 g/mol. The molecule has 0 radical (unpaired) electrons. The first-order chi connectivity index (χ1) is 11.2. The smallest absolute Gasteiger partial charge is 0.157 e. The Labute approximate surface area is 138 Å². The first-order valence-electron chi connectivity index (χ1n) is 8.03. The Balaban J connectivity index is 2.19. The van der Waals surface area contributed by atoms with E-state index in [-0.39, 0.29) is 0 Å². The van der Waals surface area contributed by atoms with Gasteiger partial charge in [0.2, 0.25) is 0 Å². The van der Waals surface area contributed by atoms with Gasteiger partial charge in [-0.1, -0.05) is 37.3 Å². The quantitative estimate of drug-likeness (QED) is 0.598. The van der Waals surface area contributed by atoms with Crippen molar-refractivity contribution < 1.29 is 0 Å². The zero-order chi connectivity index (χ0) is 16.7. The van der Waals surface area contributed by atoms with Crippen molar-refractivity contribution in [3.05, 3.63) is 47.3 Å². The molecule has 0 spiro atoms. The number of aryl methyl sites for hydroxylation is 1. The van der Waals surface area contributed by atoms with Crippen LogP contribution < -0.4 is 10.3 Å². The second kappa shape index (κ2) is 8.27. The molecule has 0 fully saturated rings. The molecule has 2 aromatic rings. The van der Waals surface area contributed by atoms with Gasteiger partial charge in [0.15, 0.2) is 5.82 Å². The van der Waals surface area contributed by atoms with Crippen LogP contribution in [0.15, 0.2) is 35.4 Å². The van der Waals surface area contributed by atoms with E-state index in [4.69, 9.17) is 0 Å². The maximum Gasteiger partial charge on any atom is 0.157 e. The van der Waals surface area contributed by atoms with Crippen LogP contribution in [0.2, 0.25) is 0 Å². The molecule has 0 atom stereocenters. The maximum atomic E-state index is 4.57. The fraction of sp³-hybridized carbons (Fsp3) is 0.389. The molecule has 0 saturated heterocycles. The van der Waals surface area contributed by atoms with Gasteiger partial charge in [0.1, 0.15) is 11.6 Å². The van der Waals surface area contributed by atoms with Crippen molar-refractivity contribution in [1.82, 2.24) is 9.97 Å². The van der Waals surface area contributed by atoms with Crippen molar-refractivity contribution in [1.29, 1.82) is 0 Å². The molecule has 0 amide bonds. The van der Waals surface area contributed by atoms with Crippen LogP contribution in [-0.4, -0.2) is 29.8 Å². The summed E-state index contributed by atoms with van der Waals surface area (Å²) in [6, 6.07) is 10.4. The summed E-state index contributed by atoms with van der Waals surface area (Å²) in [7, 11) is 0. The van der Waals surface area contributed by atoms with Crippen LogP contribution in [0.3, 0.4) is 0 Å². The fourth-order valence-corrected chi connectivity index (χ4v) is 2.40. The molecule has 0 aliphatic heterocycles. The summed E-state index contributed by atoms with van der Waals surface area (Å²) in [4.78, 5) is 9.06. The third-order valence-electron chi connectivity index (χ3n) is 3.64. The molecule has 2 rings (SSSR count). The standard InChI is InChI=1S/C18H25N5/c1-5-12-20-17-14(2)18(22-15(3)21-17)23(19-4)13-11-16-9-7-6-8-10-16/h6-10H,4-5,11-13H2,1-3H3,(H,20,21,22). The minimum absolute atomic E-state index is 0.734. The summed E-state index contributed by atoms with van der Waals surface area (Å²) >= 11 is 0. The molecule has 0 unspecified atom stereocenters. The third kappa shape index (κ3) is 4.52. The van der Waals surface area contributed by atoms with Crippen molar-refractivity contribution in [3.63, 3.8) is 0 Å². The zero-order valence-electron chi connectivity index (χ0n) is 14.2. The molecule has 0 aliphatic carbocycles. The van der Waals surface area contributed by atoms with Crippen molar-refractivity contribution in [2.45, 2.75) is 33.6 Å². The van der Waals surface area contributed by atoms with Gasteiger partial charge in [-0.25, -0.2) is 15.0 Å². The zero-order valence-corrected chi connectivity index (χ0v) is 14.2. The van der Waals surface area contributed by atoms with Gasteiger partial charge in [-0.05, 0) is 32.3 Å². The molecule has 0 aliphatic rings. The van der Waals surface area contributed by atoms with Crippen molar-refractivity contribution >= 4 is 18.4 Å². The molecule has 5 heteroatoms. The Kier molecular flexibility index (Phi) is 6.09. The monoisotopic (exact) mass is 311 g/mol. The fourth-order valence-electron chi connectivity index (χ4n) is 2.40. The number of rotatable bonds is 8. The highest BCUT2D eigenvalue weighted by molar-refractivity contribution is 5.59. The van der Waals surface area contributed by atoms with Crippen LogP contribution in [-0.2, 0) is 6.42 Å². The van der Waals surface area contributed by atoms with E-state index in [1.165, 1.54) is 5.56 Å². The van der Waals surface area contributed by atoms with Gasteiger partial charge < -0.3 is 5.32 Å². The highest BCUT2D eigenvalue weighted by Gasteiger charge is 2.14. The van der Waals surface area contributed by atoms with Crippen molar-refractivity contribution in [2.24, 2.45) is 5.10 Å². The Bertz CT molecular complexity index is 639. The summed E-state index contributed by atoms with van der Waals surface area (Å²) in [5, 5.41) is 9.37. The van der Waals surface area contributed by atoms with E-state index in [9.17, 15) is 0 Å². The number of aromatic nitrogens is 2. The first-order valence-corrected chi connectivity index (χ1v) is 8.03. The van der Waals surface area contributed by atoms with Crippen LogP contribution in [0.5, 0.6) is 0 Å². The maximum absolute atomic E-state index is 4.57. The molecule has 0 bridgehead atoms. The summed E-state index contributed by atoms with van der Waals surface area (Å²) < 4.78 is 0. The second-order valence-corrected chi connectivity index (χ2v) is 5.49. The number of hydrogen-bond acceptors (Lipinski definition) is 5. The van der Waals surface area contributed by atoms with E-state index in [1.54, 1.807) is 0 Å². The van der Waals surface area contributed by atoms with Gasteiger partial charge in [0.25, 0.3) is 0 Å². The summed E-state index contributed by atoms with van der Waals surface area (Å²) in [6.07, 6.45) is 1.94. The number of nitrogens with zero attached hydrogens (tertiary/aromatic N) is 4. The Morgan fingerprint density at radius 1 is 1.17 bits per heavy atom. The van der Waals surface area contributed by atoms with Gasteiger partial charge in [0, 0.05) is 25.4 Å². The lowest BCUT2D eigenvalue weighted by atomic mass is 10.1. The van der Waals surface area contributed by atoms with E-state index in [2.05, 4.69) is 46.2 Å².